The van der Waals surface area contributed by atoms with Crippen LogP contribution in [0.3, 0.4) is 0 Å². The summed E-state index contributed by atoms with van der Waals surface area (Å²) in [7, 11) is -2.34. The van der Waals surface area contributed by atoms with Crippen LogP contribution in [0.2, 0.25) is 0 Å². The fourth-order valence-electron chi connectivity index (χ4n) is 3.37. The number of hydrogen-bond donors (Lipinski definition) is 2. The van der Waals surface area contributed by atoms with Gasteiger partial charge in [0.15, 0.2) is 0 Å². The van der Waals surface area contributed by atoms with Crippen LogP contribution in [0.5, 0.6) is 5.75 Å². The van der Waals surface area contributed by atoms with E-state index >= 15 is 0 Å². The van der Waals surface area contributed by atoms with Crippen molar-refractivity contribution in [3.05, 3.63) is 100.0 Å². The average Bonchev–Trinajstić information content (AvgIpc) is 3.11. The average molecular weight is 477 g/mol. The minimum Gasteiger partial charge on any atom is -0.495 e. The molecule has 174 valence electrons. The number of nitrogens with one attached hydrogen (secondary N) is 2. The molecule has 3 aromatic carbocycles. The van der Waals surface area contributed by atoms with Crippen LogP contribution in [0.15, 0.2) is 87.5 Å². The second kappa shape index (κ2) is 9.40. The fourth-order valence-corrected chi connectivity index (χ4v) is 4.44. The van der Waals surface area contributed by atoms with E-state index in [4.69, 9.17) is 4.74 Å². The Labute approximate surface area is 197 Å². The van der Waals surface area contributed by atoms with Gasteiger partial charge in [-0.1, -0.05) is 29.8 Å². The summed E-state index contributed by atoms with van der Waals surface area (Å²) >= 11 is 0. The number of aliphatic imine (C=N–C) groups is 1. The number of aromatic nitrogens is 2. The third kappa shape index (κ3) is 4.79. The molecule has 1 heterocycles. The van der Waals surface area contributed by atoms with E-state index < -0.39 is 10.0 Å². The van der Waals surface area contributed by atoms with Gasteiger partial charge in [-0.25, -0.2) is 13.1 Å². The van der Waals surface area contributed by atoms with Gasteiger partial charge in [-0.05, 0) is 62.4 Å². The lowest BCUT2D eigenvalue weighted by Crippen LogP contribution is -2.17. The van der Waals surface area contributed by atoms with Crippen molar-refractivity contribution in [1.29, 1.82) is 0 Å². The first-order valence-electron chi connectivity index (χ1n) is 10.5. The van der Waals surface area contributed by atoms with Gasteiger partial charge < -0.3 is 4.74 Å². The zero-order valence-electron chi connectivity index (χ0n) is 18.9. The van der Waals surface area contributed by atoms with Crippen molar-refractivity contribution in [1.82, 2.24) is 9.78 Å². The molecular formula is C25H24N4O4S. The minimum atomic E-state index is -3.81. The Morgan fingerprint density at radius 1 is 0.971 bits per heavy atom. The Kier molecular flexibility index (Phi) is 6.38. The zero-order valence-corrected chi connectivity index (χ0v) is 19.8. The van der Waals surface area contributed by atoms with Crippen molar-refractivity contribution in [2.24, 2.45) is 4.99 Å². The molecule has 2 N–H and O–H groups in total. The van der Waals surface area contributed by atoms with Crippen LogP contribution in [0, 0.1) is 13.8 Å². The molecule has 1 aromatic heterocycles. The van der Waals surface area contributed by atoms with Gasteiger partial charge in [0, 0.05) is 11.9 Å². The number of anilines is 1. The molecule has 0 aliphatic rings. The number of aryl methyl sites for hydroxylation is 2. The number of aromatic amines is 1. The van der Waals surface area contributed by atoms with E-state index in [-0.39, 0.29) is 10.5 Å². The van der Waals surface area contributed by atoms with Crippen LogP contribution in [0.4, 0.5) is 11.4 Å². The van der Waals surface area contributed by atoms with Gasteiger partial charge in [0.05, 0.1) is 34.6 Å². The molecule has 0 radical (unpaired) electrons. The molecule has 4 aromatic rings. The van der Waals surface area contributed by atoms with E-state index in [1.54, 1.807) is 43.3 Å². The van der Waals surface area contributed by atoms with E-state index in [0.717, 1.165) is 11.3 Å². The van der Waals surface area contributed by atoms with Gasteiger partial charge in [0.2, 0.25) is 0 Å². The van der Waals surface area contributed by atoms with Gasteiger partial charge in [-0.2, -0.15) is 0 Å². The largest absolute Gasteiger partial charge is 0.495 e. The molecular weight excluding hydrogens is 452 g/mol. The molecule has 9 heteroatoms. The highest BCUT2D eigenvalue weighted by Crippen LogP contribution is 2.26. The molecule has 8 nitrogen and oxygen atoms in total. The maximum Gasteiger partial charge on any atom is 0.280 e. The van der Waals surface area contributed by atoms with E-state index in [0.29, 0.717) is 28.4 Å². The molecule has 0 unspecified atom stereocenters. The fraction of sp³-hybridized carbons (Fsp3) is 0.120. The molecule has 0 fully saturated rings. The standard InChI is InChI=1S/C25H24N4O4S/c1-17-8-12-20(13-9-17)29-25(30)22(18(2)27-29)16-26-19-10-14-21(15-11-19)34(31,32)28-23-6-4-5-7-24(23)33-3/h4-16,27-28H,1-3H3. The number of benzene rings is 3. The number of ether oxygens (including phenoxy) is 1. The summed E-state index contributed by atoms with van der Waals surface area (Å²) in [5.41, 5.74) is 3.58. The third-order valence-corrected chi connectivity index (χ3v) is 6.63. The monoisotopic (exact) mass is 476 g/mol. The summed E-state index contributed by atoms with van der Waals surface area (Å²) in [6, 6.07) is 20.4. The number of rotatable bonds is 7. The van der Waals surface area contributed by atoms with Gasteiger partial charge in [-0.3, -0.25) is 19.6 Å². The van der Waals surface area contributed by atoms with Crippen LogP contribution < -0.4 is 15.0 Å². The Hall–Kier alpha value is -4.11. The summed E-state index contributed by atoms with van der Waals surface area (Å²) in [4.78, 5) is 17.3. The van der Waals surface area contributed by atoms with E-state index in [2.05, 4.69) is 14.8 Å². The number of hydrogen-bond acceptors (Lipinski definition) is 5. The van der Waals surface area contributed by atoms with E-state index in [1.807, 2.05) is 31.2 Å². The first kappa shape index (κ1) is 23.1. The second-order valence-corrected chi connectivity index (χ2v) is 9.37. The van der Waals surface area contributed by atoms with Crippen molar-refractivity contribution < 1.29 is 13.2 Å². The molecule has 0 saturated carbocycles. The number of para-hydroxylation sites is 2. The van der Waals surface area contributed by atoms with E-state index in [1.165, 1.54) is 30.1 Å². The van der Waals surface area contributed by atoms with Crippen LogP contribution in [0.1, 0.15) is 16.8 Å². The van der Waals surface area contributed by atoms with Crippen LogP contribution in [0.25, 0.3) is 5.69 Å². The Balaban J connectivity index is 1.55. The predicted molar refractivity (Wildman–Crippen MR) is 133 cm³/mol. The van der Waals surface area contributed by atoms with Gasteiger partial charge >= 0.3 is 0 Å². The Morgan fingerprint density at radius 3 is 2.32 bits per heavy atom. The third-order valence-electron chi connectivity index (χ3n) is 5.25. The molecule has 0 aliphatic heterocycles. The highest BCUT2D eigenvalue weighted by Gasteiger charge is 2.16. The van der Waals surface area contributed by atoms with Crippen molar-refractivity contribution in [2.45, 2.75) is 18.7 Å². The minimum absolute atomic E-state index is 0.0805. The number of sulfonamides is 1. The second-order valence-electron chi connectivity index (χ2n) is 7.68. The van der Waals surface area contributed by atoms with Crippen LogP contribution in [-0.2, 0) is 10.0 Å². The highest BCUT2D eigenvalue weighted by atomic mass is 32.2. The lowest BCUT2D eigenvalue weighted by Gasteiger charge is -2.11. The van der Waals surface area contributed by atoms with Crippen LogP contribution >= 0.6 is 0 Å². The summed E-state index contributed by atoms with van der Waals surface area (Å²) in [5, 5.41) is 3.06. The molecule has 0 aliphatic carbocycles. The molecule has 0 atom stereocenters. The van der Waals surface area contributed by atoms with Crippen molar-refractivity contribution in [3.8, 4) is 11.4 Å². The van der Waals surface area contributed by atoms with Crippen molar-refractivity contribution >= 4 is 27.6 Å². The zero-order chi connectivity index (χ0) is 24.3. The van der Waals surface area contributed by atoms with Gasteiger partial charge in [-0.15, -0.1) is 0 Å². The van der Waals surface area contributed by atoms with Crippen LogP contribution in [-0.4, -0.2) is 31.5 Å². The molecule has 0 amide bonds. The predicted octanol–water partition coefficient (Wildman–Crippen LogP) is 4.34. The first-order chi connectivity index (χ1) is 16.3. The topological polar surface area (TPSA) is 106 Å². The lowest BCUT2D eigenvalue weighted by molar-refractivity contribution is 0.417. The number of H-pyrrole nitrogens is 1. The maximum atomic E-state index is 12.9. The molecule has 34 heavy (non-hydrogen) atoms. The number of nitrogens with zero attached hydrogens (tertiary/aromatic N) is 2. The number of methoxy groups -OCH3 is 1. The quantitative estimate of drug-likeness (QED) is 0.387. The highest BCUT2D eigenvalue weighted by molar-refractivity contribution is 7.92. The summed E-state index contributed by atoms with van der Waals surface area (Å²) < 4.78 is 34.7. The lowest BCUT2D eigenvalue weighted by atomic mass is 10.2. The van der Waals surface area contributed by atoms with Gasteiger partial charge in [0.1, 0.15) is 5.75 Å². The maximum absolute atomic E-state index is 12.9. The summed E-state index contributed by atoms with van der Waals surface area (Å²) in [5.74, 6) is 0.422. The summed E-state index contributed by atoms with van der Waals surface area (Å²) in [6.45, 7) is 3.78. The first-order valence-corrected chi connectivity index (χ1v) is 12.0. The Bertz CT molecular complexity index is 1500. The molecule has 0 spiro atoms. The van der Waals surface area contributed by atoms with Crippen molar-refractivity contribution in [3.63, 3.8) is 0 Å². The molecule has 0 saturated heterocycles. The smallest absolute Gasteiger partial charge is 0.280 e. The van der Waals surface area contributed by atoms with Crippen molar-refractivity contribution in [2.75, 3.05) is 11.8 Å². The summed E-state index contributed by atoms with van der Waals surface area (Å²) in [6.07, 6.45) is 1.48. The molecule has 0 bridgehead atoms. The normalized spacial score (nSPS) is 11.6. The van der Waals surface area contributed by atoms with Gasteiger partial charge in [0.25, 0.3) is 15.6 Å². The molecule has 4 rings (SSSR count). The SMILES string of the molecule is COc1ccccc1NS(=O)(=O)c1ccc(N=Cc2c(C)[nH]n(-c3ccc(C)cc3)c2=O)cc1. The Morgan fingerprint density at radius 2 is 1.65 bits per heavy atom. The van der Waals surface area contributed by atoms with E-state index in [9.17, 15) is 13.2 Å².